The van der Waals surface area contributed by atoms with E-state index in [0.29, 0.717) is 5.56 Å². The zero-order chi connectivity index (χ0) is 14.1. The lowest BCUT2D eigenvalue weighted by Gasteiger charge is -2.17. The fourth-order valence-electron chi connectivity index (χ4n) is 1.80. The highest BCUT2D eigenvalue weighted by atomic mass is 16.5. The lowest BCUT2D eigenvalue weighted by Crippen LogP contribution is -2.35. The van der Waals surface area contributed by atoms with Crippen molar-refractivity contribution >= 4 is 11.9 Å². The molecular formula is C15H19O4-. The van der Waals surface area contributed by atoms with Crippen LogP contribution in [0.15, 0.2) is 30.3 Å². The van der Waals surface area contributed by atoms with Crippen LogP contribution in [0.2, 0.25) is 0 Å². The van der Waals surface area contributed by atoms with Crippen molar-refractivity contribution in [3.63, 3.8) is 0 Å². The topological polar surface area (TPSA) is 66.4 Å². The van der Waals surface area contributed by atoms with Crippen molar-refractivity contribution in [3.05, 3.63) is 35.9 Å². The molecule has 1 aromatic carbocycles. The molecule has 0 bridgehead atoms. The number of hydrogen-bond acceptors (Lipinski definition) is 4. The van der Waals surface area contributed by atoms with E-state index in [0.717, 1.165) is 25.7 Å². The van der Waals surface area contributed by atoms with E-state index in [4.69, 9.17) is 4.74 Å². The van der Waals surface area contributed by atoms with Gasteiger partial charge in [-0.05, 0) is 12.0 Å². The van der Waals surface area contributed by atoms with E-state index in [1.807, 2.05) is 0 Å². The van der Waals surface area contributed by atoms with Gasteiger partial charge in [0.2, 0.25) is 0 Å². The van der Waals surface area contributed by atoms with Gasteiger partial charge in [-0.25, -0.2) is 0 Å². The summed E-state index contributed by atoms with van der Waals surface area (Å²) in [6, 6.07) is 8.28. The molecule has 0 saturated carbocycles. The molecule has 0 aliphatic rings. The van der Waals surface area contributed by atoms with Crippen molar-refractivity contribution in [1.82, 2.24) is 0 Å². The monoisotopic (exact) mass is 263 g/mol. The number of ether oxygens (including phenoxy) is 1. The maximum absolute atomic E-state index is 11.8. The molecule has 1 rings (SSSR count). The Labute approximate surface area is 113 Å². The molecule has 0 aliphatic heterocycles. The van der Waals surface area contributed by atoms with Crippen LogP contribution in [-0.4, -0.2) is 18.5 Å². The average molecular weight is 263 g/mol. The van der Waals surface area contributed by atoms with Crippen LogP contribution in [0.5, 0.6) is 0 Å². The number of hydrogen-bond donors (Lipinski definition) is 0. The zero-order valence-electron chi connectivity index (χ0n) is 11.1. The van der Waals surface area contributed by atoms with Gasteiger partial charge in [-0.15, -0.1) is 0 Å². The molecule has 1 atom stereocenters. The van der Waals surface area contributed by atoms with Crippen molar-refractivity contribution in [3.8, 4) is 0 Å². The van der Waals surface area contributed by atoms with E-state index < -0.39 is 17.9 Å². The SMILES string of the molecule is CCCCCCOC(=O)C(C(=O)[O-])c1ccccc1. The highest BCUT2D eigenvalue weighted by Gasteiger charge is 2.23. The molecule has 0 heterocycles. The first-order chi connectivity index (χ1) is 9.16. The van der Waals surface area contributed by atoms with Crippen LogP contribution in [0, 0.1) is 0 Å². The van der Waals surface area contributed by atoms with Crippen LogP contribution >= 0.6 is 0 Å². The van der Waals surface area contributed by atoms with Gasteiger partial charge in [0.25, 0.3) is 0 Å². The number of carboxylic acids is 1. The summed E-state index contributed by atoms with van der Waals surface area (Å²) in [7, 11) is 0. The normalized spacial score (nSPS) is 11.8. The first-order valence-corrected chi connectivity index (χ1v) is 6.59. The molecule has 0 fully saturated rings. The van der Waals surface area contributed by atoms with Crippen molar-refractivity contribution in [2.24, 2.45) is 0 Å². The summed E-state index contributed by atoms with van der Waals surface area (Å²) < 4.78 is 5.01. The van der Waals surface area contributed by atoms with E-state index in [9.17, 15) is 14.7 Å². The van der Waals surface area contributed by atoms with E-state index in [-0.39, 0.29) is 6.61 Å². The molecule has 0 radical (unpaired) electrons. The fourth-order valence-corrected chi connectivity index (χ4v) is 1.80. The van der Waals surface area contributed by atoms with Crippen LogP contribution in [0.3, 0.4) is 0 Å². The molecule has 0 saturated heterocycles. The molecular weight excluding hydrogens is 244 g/mol. The second kappa shape index (κ2) is 8.29. The van der Waals surface area contributed by atoms with E-state index >= 15 is 0 Å². The van der Waals surface area contributed by atoms with Gasteiger partial charge >= 0.3 is 5.97 Å². The van der Waals surface area contributed by atoms with E-state index in [2.05, 4.69) is 6.92 Å². The molecule has 4 nitrogen and oxygen atoms in total. The van der Waals surface area contributed by atoms with Gasteiger partial charge in [-0.2, -0.15) is 0 Å². The van der Waals surface area contributed by atoms with Crippen LogP contribution in [0.1, 0.15) is 44.1 Å². The zero-order valence-corrected chi connectivity index (χ0v) is 11.1. The highest BCUT2D eigenvalue weighted by Crippen LogP contribution is 2.16. The Morgan fingerprint density at radius 2 is 1.84 bits per heavy atom. The average Bonchev–Trinajstić information content (AvgIpc) is 2.39. The number of aliphatic carboxylic acids is 1. The molecule has 0 aliphatic carbocycles. The largest absolute Gasteiger partial charge is 0.549 e. The van der Waals surface area contributed by atoms with Crippen molar-refractivity contribution in [1.29, 1.82) is 0 Å². The Kier molecular flexibility index (Phi) is 6.64. The Hall–Kier alpha value is -1.84. The van der Waals surface area contributed by atoms with Crippen LogP contribution in [0.25, 0.3) is 0 Å². The number of carbonyl (C=O) groups is 2. The quantitative estimate of drug-likeness (QED) is 0.406. The second-order valence-electron chi connectivity index (χ2n) is 4.39. The summed E-state index contributed by atoms with van der Waals surface area (Å²) in [5, 5.41) is 11.1. The summed E-state index contributed by atoms with van der Waals surface area (Å²) in [4.78, 5) is 22.8. The van der Waals surface area contributed by atoms with Gasteiger partial charge < -0.3 is 14.6 Å². The minimum absolute atomic E-state index is 0.259. The van der Waals surface area contributed by atoms with Gasteiger partial charge in [-0.1, -0.05) is 56.5 Å². The van der Waals surface area contributed by atoms with Crippen molar-refractivity contribution in [2.45, 2.75) is 38.5 Å². The summed E-state index contributed by atoms with van der Waals surface area (Å²) in [5.41, 5.74) is 0.390. The third-order valence-corrected chi connectivity index (χ3v) is 2.85. The Bertz CT molecular complexity index is 400. The number of unbranched alkanes of at least 4 members (excludes halogenated alkanes) is 3. The smallest absolute Gasteiger partial charge is 0.319 e. The Balaban J connectivity index is 2.53. The minimum atomic E-state index is -1.43. The summed E-state index contributed by atoms with van der Waals surface area (Å²) >= 11 is 0. The third kappa shape index (κ3) is 5.12. The van der Waals surface area contributed by atoms with Gasteiger partial charge in [0.15, 0.2) is 0 Å². The molecule has 0 spiro atoms. The summed E-state index contributed by atoms with van der Waals surface area (Å²) in [5.74, 6) is -3.51. The van der Waals surface area contributed by atoms with Gasteiger partial charge in [0.1, 0.15) is 5.92 Å². The Morgan fingerprint density at radius 3 is 2.42 bits per heavy atom. The second-order valence-corrected chi connectivity index (χ2v) is 4.39. The molecule has 0 amide bonds. The molecule has 104 valence electrons. The predicted octanol–water partition coefficient (Wildman–Crippen LogP) is 1.64. The van der Waals surface area contributed by atoms with Gasteiger partial charge in [0.05, 0.1) is 12.6 Å². The maximum atomic E-state index is 11.8. The molecule has 0 N–H and O–H groups in total. The lowest BCUT2D eigenvalue weighted by molar-refractivity contribution is -0.307. The first kappa shape index (κ1) is 15.2. The standard InChI is InChI=1S/C15H20O4/c1-2-3-4-8-11-19-15(18)13(14(16)17)12-9-6-5-7-10-12/h5-7,9-10,13H,2-4,8,11H2,1H3,(H,16,17)/p-1. The molecule has 1 unspecified atom stereocenters. The highest BCUT2D eigenvalue weighted by molar-refractivity contribution is 5.98. The van der Waals surface area contributed by atoms with Crippen molar-refractivity contribution < 1.29 is 19.4 Å². The van der Waals surface area contributed by atoms with Gasteiger partial charge in [0, 0.05) is 0 Å². The molecule has 1 aromatic rings. The summed E-state index contributed by atoms with van der Waals surface area (Å²) in [6.45, 7) is 2.35. The first-order valence-electron chi connectivity index (χ1n) is 6.59. The molecule has 0 aromatic heterocycles. The molecule has 4 heteroatoms. The lowest BCUT2D eigenvalue weighted by atomic mass is 10.00. The van der Waals surface area contributed by atoms with Gasteiger partial charge in [-0.3, -0.25) is 4.79 Å². The van der Waals surface area contributed by atoms with Crippen LogP contribution < -0.4 is 5.11 Å². The van der Waals surface area contributed by atoms with Crippen LogP contribution in [0.4, 0.5) is 0 Å². The number of carboxylic acid groups (broad SMARTS) is 1. The number of benzene rings is 1. The third-order valence-electron chi connectivity index (χ3n) is 2.85. The van der Waals surface area contributed by atoms with E-state index in [1.54, 1.807) is 30.3 Å². The maximum Gasteiger partial charge on any atom is 0.319 e. The molecule has 19 heavy (non-hydrogen) atoms. The predicted molar refractivity (Wildman–Crippen MR) is 69.3 cm³/mol. The number of esters is 1. The number of carbonyl (C=O) groups excluding carboxylic acids is 2. The summed E-state index contributed by atoms with van der Waals surface area (Å²) in [6.07, 6.45) is 3.92. The fraction of sp³-hybridized carbons (Fsp3) is 0.467. The van der Waals surface area contributed by atoms with Crippen LogP contribution in [-0.2, 0) is 14.3 Å². The number of rotatable bonds is 8. The van der Waals surface area contributed by atoms with Crippen molar-refractivity contribution in [2.75, 3.05) is 6.61 Å². The van der Waals surface area contributed by atoms with E-state index in [1.165, 1.54) is 0 Å². The minimum Gasteiger partial charge on any atom is -0.549 e. The Morgan fingerprint density at radius 1 is 1.16 bits per heavy atom.